The Labute approximate surface area is 74.1 Å². The number of rotatable bonds is 5. The molecule has 0 fully saturated rings. The van der Waals surface area contributed by atoms with E-state index in [9.17, 15) is 4.79 Å². The van der Waals surface area contributed by atoms with E-state index in [1.807, 2.05) is 6.55 Å². The Morgan fingerprint density at radius 3 is 2.17 bits per heavy atom. The quantitative estimate of drug-likeness (QED) is 0.480. The maximum Gasteiger partial charge on any atom is 0.337 e. The Balaban J connectivity index is 3.65. The maximum atomic E-state index is 10.4. The molecule has 0 radical (unpaired) electrons. The van der Waals surface area contributed by atoms with E-state index < -0.39 is 8.56 Å². The van der Waals surface area contributed by atoms with Crippen LogP contribution in [0.1, 0.15) is 6.92 Å². The van der Waals surface area contributed by atoms with Crippen molar-refractivity contribution in [1.82, 2.24) is 0 Å². The molecule has 0 heterocycles. The number of hydrogen-bond donors (Lipinski definition) is 0. The van der Waals surface area contributed by atoms with E-state index >= 15 is 0 Å². The normalized spacial score (nSPS) is 11.3. The number of hydrogen-bond acceptors (Lipinski definition) is 4. The highest BCUT2D eigenvalue weighted by atomic mass is 28.4. The van der Waals surface area contributed by atoms with Crippen LogP contribution in [0.25, 0.3) is 0 Å². The van der Waals surface area contributed by atoms with Gasteiger partial charge in [-0.2, -0.15) is 0 Å². The fourth-order valence-electron chi connectivity index (χ4n) is 0.668. The van der Waals surface area contributed by atoms with Gasteiger partial charge in [0.1, 0.15) is 0 Å². The first kappa shape index (κ1) is 11.6. The van der Waals surface area contributed by atoms with Crippen LogP contribution in [-0.4, -0.2) is 35.4 Å². The molecule has 72 valence electrons. The van der Waals surface area contributed by atoms with Gasteiger partial charge in [0.05, 0.1) is 6.61 Å². The fraction of sp³-hybridized carbons (Fsp3) is 0.857. The predicted molar refractivity (Wildman–Crippen MR) is 47.1 cm³/mol. The summed E-state index contributed by atoms with van der Waals surface area (Å²) in [5, 5.41) is 0. The molecule has 0 aliphatic rings. The second-order valence-corrected chi connectivity index (χ2v) is 6.22. The van der Waals surface area contributed by atoms with Crippen LogP contribution in [-0.2, 0) is 18.4 Å². The Kier molecular flexibility index (Phi) is 5.11. The van der Waals surface area contributed by atoms with E-state index in [0.717, 1.165) is 0 Å². The van der Waals surface area contributed by atoms with Crippen LogP contribution in [0, 0.1) is 0 Å². The molecule has 0 saturated carbocycles. The SMILES string of the molecule is CO[Si](C)(CCOC(C)=O)OC. The van der Waals surface area contributed by atoms with Gasteiger partial charge in [0.25, 0.3) is 0 Å². The Bertz CT molecular complexity index is 144. The van der Waals surface area contributed by atoms with Gasteiger partial charge in [-0.1, -0.05) is 0 Å². The van der Waals surface area contributed by atoms with Crippen LogP contribution in [0.3, 0.4) is 0 Å². The smallest absolute Gasteiger partial charge is 0.337 e. The van der Waals surface area contributed by atoms with E-state index in [-0.39, 0.29) is 5.97 Å². The zero-order valence-electron chi connectivity index (χ0n) is 8.05. The highest BCUT2D eigenvalue weighted by molar-refractivity contribution is 6.66. The predicted octanol–water partition coefficient (Wildman–Crippen LogP) is 0.914. The van der Waals surface area contributed by atoms with Crippen LogP contribution in [0.5, 0.6) is 0 Å². The summed E-state index contributed by atoms with van der Waals surface area (Å²) in [6, 6.07) is 0.666. The molecule has 5 heteroatoms. The topological polar surface area (TPSA) is 44.8 Å². The van der Waals surface area contributed by atoms with Crippen LogP contribution < -0.4 is 0 Å². The van der Waals surface area contributed by atoms with Crippen molar-refractivity contribution in [2.45, 2.75) is 19.5 Å². The average Bonchev–Trinajstić information content (AvgIpc) is 2.03. The second kappa shape index (κ2) is 5.29. The van der Waals surface area contributed by atoms with Crippen molar-refractivity contribution in [2.75, 3.05) is 20.8 Å². The second-order valence-electron chi connectivity index (χ2n) is 2.63. The molecule has 4 nitrogen and oxygen atoms in total. The first-order valence-electron chi connectivity index (χ1n) is 3.78. The Morgan fingerprint density at radius 2 is 1.83 bits per heavy atom. The summed E-state index contributed by atoms with van der Waals surface area (Å²) in [5.41, 5.74) is 0. The van der Waals surface area contributed by atoms with E-state index in [2.05, 4.69) is 0 Å². The molecule has 0 aromatic heterocycles. The highest BCUT2D eigenvalue weighted by Crippen LogP contribution is 2.10. The van der Waals surface area contributed by atoms with Crippen molar-refractivity contribution in [3.05, 3.63) is 0 Å². The van der Waals surface area contributed by atoms with Crippen LogP contribution in [0.4, 0.5) is 0 Å². The molecule has 0 rings (SSSR count). The molecular formula is C7H16O4Si. The Morgan fingerprint density at radius 1 is 1.33 bits per heavy atom. The van der Waals surface area contributed by atoms with E-state index in [4.69, 9.17) is 13.6 Å². The minimum atomic E-state index is -2.04. The molecule has 0 aliphatic heterocycles. The first-order chi connectivity index (χ1) is 5.54. The van der Waals surface area contributed by atoms with Crippen LogP contribution >= 0.6 is 0 Å². The van der Waals surface area contributed by atoms with Crippen LogP contribution in [0.15, 0.2) is 0 Å². The zero-order chi connectivity index (χ0) is 9.61. The van der Waals surface area contributed by atoms with Gasteiger partial charge in [-0.15, -0.1) is 0 Å². The molecule has 12 heavy (non-hydrogen) atoms. The molecule has 0 aromatic rings. The van der Waals surface area contributed by atoms with Crippen LogP contribution in [0.2, 0.25) is 12.6 Å². The minimum Gasteiger partial charge on any atom is -0.466 e. The fourth-order valence-corrected chi connectivity index (χ4v) is 1.72. The zero-order valence-corrected chi connectivity index (χ0v) is 9.05. The summed E-state index contributed by atoms with van der Waals surface area (Å²) in [4.78, 5) is 10.4. The van der Waals surface area contributed by atoms with Gasteiger partial charge in [-0.25, -0.2) is 0 Å². The number of ether oxygens (including phenoxy) is 1. The summed E-state index contributed by atoms with van der Waals surface area (Å²) in [7, 11) is 1.19. The number of carbonyl (C=O) groups is 1. The standard InChI is InChI=1S/C7H16O4Si/c1-7(8)11-5-6-12(4,9-2)10-3/h5-6H2,1-4H3. The molecule has 0 aliphatic carbocycles. The molecule has 0 aromatic carbocycles. The van der Waals surface area contributed by atoms with Gasteiger partial charge in [0.15, 0.2) is 0 Å². The van der Waals surface area contributed by atoms with Crippen molar-refractivity contribution in [3.63, 3.8) is 0 Å². The lowest BCUT2D eigenvalue weighted by molar-refractivity contribution is -0.140. The summed E-state index contributed by atoms with van der Waals surface area (Å²) >= 11 is 0. The summed E-state index contributed by atoms with van der Waals surface area (Å²) in [5.74, 6) is -0.265. The van der Waals surface area contributed by atoms with Crippen molar-refractivity contribution in [3.8, 4) is 0 Å². The van der Waals surface area contributed by atoms with Gasteiger partial charge in [-0.05, 0) is 6.55 Å². The largest absolute Gasteiger partial charge is 0.466 e. The lowest BCUT2D eigenvalue weighted by Gasteiger charge is -2.21. The number of carbonyl (C=O) groups excluding carboxylic acids is 1. The average molecular weight is 192 g/mol. The van der Waals surface area contributed by atoms with Crippen molar-refractivity contribution in [1.29, 1.82) is 0 Å². The van der Waals surface area contributed by atoms with Gasteiger partial charge in [0, 0.05) is 27.2 Å². The lowest BCUT2D eigenvalue weighted by atomic mass is 10.8. The molecule has 0 saturated heterocycles. The first-order valence-corrected chi connectivity index (χ1v) is 6.30. The third kappa shape index (κ3) is 4.48. The summed E-state index contributed by atoms with van der Waals surface area (Å²) in [6.07, 6.45) is 0. The summed E-state index contributed by atoms with van der Waals surface area (Å²) < 4.78 is 15.2. The van der Waals surface area contributed by atoms with E-state index in [0.29, 0.717) is 12.7 Å². The third-order valence-electron chi connectivity index (χ3n) is 1.73. The monoisotopic (exact) mass is 192 g/mol. The van der Waals surface area contributed by atoms with Crippen molar-refractivity contribution >= 4 is 14.5 Å². The van der Waals surface area contributed by atoms with Gasteiger partial charge < -0.3 is 13.6 Å². The molecule has 0 unspecified atom stereocenters. The minimum absolute atomic E-state index is 0.265. The molecule has 0 bridgehead atoms. The lowest BCUT2D eigenvalue weighted by Crippen LogP contribution is -2.37. The molecule has 0 spiro atoms. The van der Waals surface area contributed by atoms with Crippen molar-refractivity contribution < 1.29 is 18.4 Å². The van der Waals surface area contributed by atoms with Gasteiger partial charge in [0.2, 0.25) is 0 Å². The van der Waals surface area contributed by atoms with Crippen molar-refractivity contribution in [2.24, 2.45) is 0 Å². The maximum absolute atomic E-state index is 10.4. The molecule has 0 amide bonds. The van der Waals surface area contributed by atoms with E-state index in [1.54, 1.807) is 14.2 Å². The van der Waals surface area contributed by atoms with Gasteiger partial charge in [-0.3, -0.25) is 4.79 Å². The molecular weight excluding hydrogens is 176 g/mol. The number of esters is 1. The Hall–Kier alpha value is -0.393. The summed E-state index contributed by atoms with van der Waals surface area (Å²) in [6.45, 7) is 3.69. The van der Waals surface area contributed by atoms with E-state index in [1.165, 1.54) is 6.92 Å². The third-order valence-corrected chi connectivity index (χ3v) is 4.56. The van der Waals surface area contributed by atoms with Gasteiger partial charge >= 0.3 is 14.5 Å². The highest BCUT2D eigenvalue weighted by Gasteiger charge is 2.28. The molecule has 0 N–H and O–H groups in total. The molecule has 0 atom stereocenters.